The minimum Gasteiger partial charge on any atom is -0.396 e. The fourth-order valence-electron chi connectivity index (χ4n) is 1.35. The number of aliphatic hydroxyl groups is 1. The van der Waals surface area contributed by atoms with Gasteiger partial charge in [-0.15, -0.1) is 0 Å². The Morgan fingerprint density at radius 1 is 1.53 bits per heavy atom. The maximum atomic E-state index is 11.5. The van der Waals surface area contributed by atoms with E-state index in [9.17, 15) is 4.79 Å². The molecule has 4 heteroatoms. The molecule has 15 heavy (non-hydrogen) atoms. The highest BCUT2D eigenvalue weighted by Gasteiger charge is 2.22. The van der Waals surface area contributed by atoms with E-state index in [0.29, 0.717) is 19.4 Å². The van der Waals surface area contributed by atoms with Crippen LogP contribution >= 0.6 is 0 Å². The predicted octanol–water partition coefficient (Wildman–Crippen LogP) is 1.08. The number of carbonyl (C=O) groups is 1. The minimum absolute atomic E-state index is 0.0323. The lowest BCUT2D eigenvalue weighted by Gasteiger charge is -2.29. The molecule has 4 nitrogen and oxygen atoms in total. The lowest BCUT2D eigenvalue weighted by molar-refractivity contribution is -0.123. The van der Waals surface area contributed by atoms with Crippen molar-refractivity contribution in [2.24, 2.45) is 0 Å². The topological polar surface area (TPSA) is 58.6 Å². The molecular weight excluding hydrogens is 194 g/mol. The molecule has 0 aromatic rings. The summed E-state index contributed by atoms with van der Waals surface area (Å²) >= 11 is 0. The third kappa shape index (κ3) is 6.47. The van der Waals surface area contributed by atoms with Gasteiger partial charge in [0.2, 0.25) is 5.91 Å². The number of rotatable bonds is 8. The molecule has 0 aliphatic carbocycles. The number of methoxy groups -OCH3 is 1. The first-order valence-corrected chi connectivity index (χ1v) is 5.49. The van der Waals surface area contributed by atoms with Crippen LogP contribution < -0.4 is 5.32 Å². The number of nitrogens with one attached hydrogen (secondary N) is 1. The monoisotopic (exact) mass is 217 g/mol. The van der Waals surface area contributed by atoms with E-state index < -0.39 is 0 Å². The zero-order valence-electron chi connectivity index (χ0n) is 10.0. The lowest BCUT2D eigenvalue weighted by atomic mass is 9.94. The maximum absolute atomic E-state index is 11.5. The molecule has 2 N–H and O–H groups in total. The minimum atomic E-state index is -0.279. The molecule has 0 saturated carbocycles. The van der Waals surface area contributed by atoms with Gasteiger partial charge in [0.25, 0.3) is 0 Å². The molecule has 0 spiro atoms. The van der Waals surface area contributed by atoms with E-state index in [0.717, 1.165) is 12.8 Å². The maximum Gasteiger partial charge on any atom is 0.220 e. The van der Waals surface area contributed by atoms with Crippen LogP contribution in [0.25, 0.3) is 0 Å². The second kappa shape index (κ2) is 7.65. The van der Waals surface area contributed by atoms with Crippen molar-refractivity contribution in [2.75, 3.05) is 20.3 Å². The Balaban J connectivity index is 3.90. The average molecular weight is 217 g/mol. The van der Waals surface area contributed by atoms with Crippen LogP contribution in [0.15, 0.2) is 0 Å². The Bertz CT molecular complexity index is 185. The first kappa shape index (κ1) is 14.4. The van der Waals surface area contributed by atoms with Crippen LogP contribution in [0.3, 0.4) is 0 Å². The molecular formula is C11H23NO3. The number of carbonyl (C=O) groups excluding carboxylic acids is 1. The molecule has 0 aliphatic rings. The summed E-state index contributed by atoms with van der Waals surface area (Å²) in [6.45, 7) is 4.67. The summed E-state index contributed by atoms with van der Waals surface area (Å²) in [7, 11) is 1.62. The van der Waals surface area contributed by atoms with Crippen LogP contribution in [-0.2, 0) is 9.53 Å². The third-order valence-corrected chi connectivity index (χ3v) is 2.64. The van der Waals surface area contributed by atoms with E-state index in [1.54, 1.807) is 7.11 Å². The molecule has 0 bridgehead atoms. The van der Waals surface area contributed by atoms with Crippen molar-refractivity contribution >= 4 is 5.91 Å². The summed E-state index contributed by atoms with van der Waals surface area (Å²) < 4.78 is 4.88. The second-order valence-corrected chi connectivity index (χ2v) is 4.03. The van der Waals surface area contributed by atoms with E-state index in [-0.39, 0.29) is 18.1 Å². The summed E-state index contributed by atoms with van der Waals surface area (Å²) in [5.41, 5.74) is -0.279. The summed E-state index contributed by atoms with van der Waals surface area (Å²) in [5, 5.41) is 11.8. The van der Waals surface area contributed by atoms with Crippen LogP contribution in [0.5, 0.6) is 0 Å². The summed E-state index contributed by atoms with van der Waals surface area (Å²) in [6.07, 6.45) is 2.64. The van der Waals surface area contributed by atoms with Crippen molar-refractivity contribution in [2.45, 2.75) is 45.1 Å². The molecule has 90 valence electrons. The highest BCUT2D eigenvalue weighted by molar-refractivity contribution is 5.76. The molecule has 0 aromatic heterocycles. The molecule has 0 radical (unpaired) electrons. The van der Waals surface area contributed by atoms with Crippen molar-refractivity contribution in [3.8, 4) is 0 Å². The molecule has 0 heterocycles. The van der Waals surface area contributed by atoms with E-state index in [4.69, 9.17) is 9.84 Å². The Labute approximate surface area is 92.0 Å². The quantitative estimate of drug-likeness (QED) is 0.598. The van der Waals surface area contributed by atoms with E-state index in [2.05, 4.69) is 5.32 Å². The smallest absolute Gasteiger partial charge is 0.220 e. The normalized spacial score (nSPS) is 14.7. The van der Waals surface area contributed by atoms with E-state index in [1.165, 1.54) is 0 Å². The first-order valence-electron chi connectivity index (χ1n) is 5.49. The van der Waals surface area contributed by atoms with E-state index >= 15 is 0 Å². The van der Waals surface area contributed by atoms with Gasteiger partial charge in [-0.1, -0.05) is 6.92 Å². The average Bonchev–Trinajstić information content (AvgIpc) is 2.18. The largest absolute Gasteiger partial charge is 0.396 e. The van der Waals surface area contributed by atoms with Crippen LogP contribution in [0.2, 0.25) is 0 Å². The molecule has 0 aliphatic heterocycles. The van der Waals surface area contributed by atoms with Gasteiger partial charge in [0.05, 0.1) is 0 Å². The van der Waals surface area contributed by atoms with Gasteiger partial charge >= 0.3 is 0 Å². The predicted molar refractivity (Wildman–Crippen MR) is 59.7 cm³/mol. The van der Waals surface area contributed by atoms with Gasteiger partial charge in [-0.05, 0) is 26.2 Å². The number of hydrogen-bond acceptors (Lipinski definition) is 3. The summed E-state index contributed by atoms with van der Waals surface area (Å²) in [4.78, 5) is 11.5. The van der Waals surface area contributed by atoms with Gasteiger partial charge in [0, 0.05) is 32.3 Å². The Kier molecular flexibility index (Phi) is 7.34. The Hall–Kier alpha value is -0.610. The third-order valence-electron chi connectivity index (χ3n) is 2.64. The first-order chi connectivity index (χ1) is 7.08. The number of hydrogen-bond donors (Lipinski definition) is 2. The molecule has 0 rings (SSSR count). The van der Waals surface area contributed by atoms with Gasteiger partial charge in [-0.3, -0.25) is 4.79 Å². The molecule has 0 aromatic carbocycles. The van der Waals surface area contributed by atoms with Gasteiger partial charge in [0.1, 0.15) is 0 Å². The molecule has 1 unspecified atom stereocenters. The standard InChI is InChI=1S/C11H23NO3/c1-4-11(2,7-8-13)12-10(14)6-5-9-15-3/h13H,4-9H2,1-3H3,(H,12,14). The van der Waals surface area contributed by atoms with Crippen molar-refractivity contribution in [3.63, 3.8) is 0 Å². The van der Waals surface area contributed by atoms with Crippen molar-refractivity contribution in [1.29, 1.82) is 0 Å². The zero-order chi connectivity index (χ0) is 11.7. The Morgan fingerprint density at radius 2 is 2.20 bits per heavy atom. The van der Waals surface area contributed by atoms with Crippen LogP contribution in [0.1, 0.15) is 39.5 Å². The highest BCUT2D eigenvalue weighted by Crippen LogP contribution is 2.13. The second-order valence-electron chi connectivity index (χ2n) is 4.03. The van der Waals surface area contributed by atoms with Gasteiger partial charge < -0.3 is 15.2 Å². The summed E-state index contributed by atoms with van der Waals surface area (Å²) in [6, 6.07) is 0. The SMILES string of the molecule is CCC(C)(CCO)NC(=O)CCCOC. The summed E-state index contributed by atoms with van der Waals surface area (Å²) in [5.74, 6) is 0.0323. The van der Waals surface area contributed by atoms with Gasteiger partial charge in [-0.25, -0.2) is 0 Å². The number of ether oxygens (including phenoxy) is 1. The fraction of sp³-hybridized carbons (Fsp3) is 0.909. The van der Waals surface area contributed by atoms with Crippen molar-refractivity contribution in [1.82, 2.24) is 5.32 Å². The van der Waals surface area contributed by atoms with Crippen LogP contribution in [0, 0.1) is 0 Å². The van der Waals surface area contributed by atoms with Crippen molar-refractivity contribution < 1.29 is 14.6 Å². The lowest BCUT2D eigenvalue weighted by Crippen LogP contribution is -2.46. The fourth-order valence-corrected chi connectivity index (χ4v) is 1.35. The molecule has 1 atom stereocenters. The Morgan fingerprint density at radius 3 is 2.67 bits per heavy atom. The number of amides is 1. The zero-order valence-corrected chi connectivity index (χ0v) is 10.0. The van der Waals surface area contributed by atoms with E-state index in [1.807, 2.05) is 13.8 Å². The molecule has 1 amide bonds. The molecule has 0 fully saturated rings. The van der Waals surface area contributed by atoms with Crippen molar-refractivity contribution in [3.05, 3.63) is 0 Å². The van der Waals surface area contributed by atoms with Crippen LogP contribution in [0.4, 0.5) is 0 Å². The number of aliphatic hydroxyl groups excluding tert-OH is 1. The highest BCUT2D eigenvalue weighted by atomic mass is 16.5. The van der Waals surface area contributed by atoms with Gasteiger partial charge in [0.15, 0.2) is 0 Å². The molecule has 0 saturated heterocycles. The van der Waals surface area contributed by atoms with Gasteiger partial charge in [-0.2, -0.15) is 0 Å². The van der Waals surface area contributed by atoms with Crippen LogP contribution in [-0.4, -0.2) is 36.9 Å².